The van der Waals surface area contributed by atoms with Crippen LogP contribution in [0.4, 0.5) is 0 Å². The van der Waals surface area contributed by atoms with Crippen molar-refractivity contribution in [3.05, 3.63) is 40.3 Å². The van der Waals surface area contributed by atoms with Crippen molar-refractivity contribution in [2.75, 3.05) is 0 Å². The van der Waals surface area contributed by atoms with Gasteiger partial charge in [-0.05, 0) is 31.5 Å². The minimum atomic E-state index is -0.469. The maximum absolute atomic E-state index is 6.15. The molecule has 1 aromatic carbocycles. The Labute approximate surface area is 116 Å². The minimum absolute atomic E-state index is 0.469. The molecule has 3 N–H and O–H groups in total. The molecule has 5 heteroatoms. The van der Waals surface area contributed by atoms with E-state index in [1.165, 1.54) is 0 Å². The number of halogens is 2. The fourth-order valence-corrected chi connectivity index (χ4v) is 2.01. The highest BCUT2D eigenvalue weighted by atomic mass is 35.5. The van der Waals surface area contributed by atoms with E-state index in [4.69, 9.17) is 28.9 Å². The van der Waals surface area contributed by atoms with Crippen LogP contribution >= 0.6 is 23.2 Å². The molecule has 0 bridgehead atoms. The largest absolute Gasteiger partial charge is 0.340 e. The summed E-state index contributed by atoms with van der Waals surface area (Å²) < 4.78 is 0. The third-order valence-corrected chi connectivity index (χ3v) is 3.63. The van der Waals surface area contributed by atoms with E-state index in [1.807, 2.05) is 13.8 Å². The molecule has 0 saturated carbocycles. The molecule has 1 unspecified atom stereocenters. The molecule has 96 valence electrons. The smallest absolute Gasteiger partial charge is 0.126 e. The summed E-state index contributed by atoms with van der Waals surface area (Å²) in [5.74, 6) is 0.746. The lowest BCUT2D eigenvalue weighted by Crippen LogP contribution is -2.33. The van der Waals surface area contributed by atoms with Crippen LogP contribution in [0.5, 0.6) is 0 Å². The van der Waals surface area contributed by atoms with Crippen molar-refractivity contribution in [3.63, 3.8) is 0 Å². The van der Waals surface area contributed by atoms with E-state index in [1.54, 1.807) is 24.4 Å². The highest BCUT2D eigenvalue weighted by Gasteiger charge is 2.22. The zero-order valence-electron chi connectivity index (χ0n) is 10.3. The molecule has 0 radical (unpaired) electrons. The standard InChI is InChI=1S/C13H15Cl2N3/c1-3-13(2,16)12-17-7-11(18-12)9-6-8(14)4-5-10(9)15/h4-7H,3,16H2,1-2H3,(H,17,18). The van der Waals surface area contributed by atoms with Crippen LogP contribution < -0.4 is 5.73 Å². The van der Waals surface area contributed by atoms with Gasteiger partial charge in [-0.1, -0.05) is 30.1 Å². The lowest BCUT2D eigenvalue weighted by Gasteiger charge is -2.19. The van der Waals surface area contributed by atoms with Gasteiger partial charge in [-0.25, -0.2) is 4.98 Å². The van der Waals surface area contributed by atoms with Gasteiger partial charge in [-0.2, -0.15) is 0 Å². The SMILES string of the molecule is CCC(C)(N)c1ncc(-c2cc(Cl)ccc2Cl)[nH]1. The van der Waals surface area contributed by atoms with Crippen molar-refractivity contribution in [2.45, 2.75) is 25.8 Å². The molecule has 0 fully saturated rings. The summed E-state index contributed by atoms with van der Waals surface area (Å²) in [6, 6.07) is 5.33. The van der Waals surface area contributed by atoms with Crippen LogP contribution in [0.1, 0.15) is 26.1 Å². The number of benzene rings is 1. The van der Waals surface area contributed by atoms with Crippen molar-refractivity contribution in [3.8, 4) is 11.3 Å². The van der Waals surface area contributed by atoms with Gasteiger partial charge in [0.25, 0.3) is 0 Å². The van der Waals surface area contributed by atoms with Crippen molar-refractivity contribution < 1.29 is 0 Å². The summed E-state index contributed by atoms with van der Waals surface area (Å²) in [4.78, 5) is 7.53. The summed E-state index contributed by atoms with van der Waals surface area (Å²) in [6.07, 6.45) is 2.52. The third kappa shape index (κ3) is 2.53. The first-order valence-corrected chi connectivity index (χ1v) is 6.49. The van der Waals surface area contributed by atoms with Crippen molar-refractivity contribution in [2.24, 2.45) is 5.73 Å². The van der Waals surface area contributed by atoms with E-state index in [0.29, 0.717) is 10.0 Å². The summed E-state index contributed by atoms with van der Waals surface area (Å²) >= 11 is 12.1. The monoisotopic (exact) mass is 283 g/mol. The van der Waals surface area contributed by atoms with Crippen LogP contribution in [0.2, 0.25) is 10.0 Å². The quantitative estimate of drug-likeness (QED) is 0.896. The summed E-state index contributed by atoms with van der Waals surface area (Å²) in [7, 11) is 0. The van der Waals surface area contributed by atoms with E-state index >= 15 is 0 Å². The van der Waals surface area contributed by atoms with Gasteiger partial charge in [0.15, 0.2) is 0 Å². The average Bonchev–Trinajstić information content (AvgIpc) is 2.82. The van der Waals surface area contributed by atoms with Gasteiger partial charge < -0.3 is 10.7 Å². The van der Waals surface area contributed by atoms with E-state index in [-0.39, 0.29) is 0 Å². The molecule has 2 aromatic rings. The van der Waals surface area contributed by atoms with Gasteiger partial charge in [0.1, 0.15) is 5.82 Å². The van der Waals surface area contributed by atoms with Crippen molar-refractivity contribution in [1.82, 2.24) is 9.97 Å². The first kappa shape index (κ1) is 13.4. The maximum Gasteiger partial charge on any atom is 0.126 e. The third-order valence-electron chi connectivity index (χ3n) is 3.07. The highest BCUT2D eigenvalue weighted by Crippen LogP contribution is 2.30. The topological polar surface area (TPSA) is 54.7 Å². The molecule has 1 atom stereocenters. The molecule has 0 aliphatic heterocycles. The van der Waals surface area contributed by atoms with E-state index in [2.05, 4.69) is 9.97 Å². The number of nitrogens with two attached hydrogens (primary N) is 1. The van der Waals surface area contributed by atoms with Crippen molar-refractivity contribution in [1.29, 1.82) is 0 Å². The van der Waals surface area contributed by atoms with Crippen LogP contribution in [-0.2, 0) is 5.54 Å². The fourth-order valence-electron chi connectivity index (χ4n) is 1.62. The number of aromatic amines is 1. The van der Waals surface area contributed by atoms with Gasteiger partial charge in [0.05, 0.1) is 22.5 Å². The Morgan fingerprint density at radius 2 is 2.11 bits per heavy atom. The number of aromatic nitrogens is 2. The molecule has 18 heavy (non-hydrogen) atoms. The lowest BCUT2D eigenvalue weighted by atomic mass is 10.00. The molecular formula is C13H15Cl2N3. The Morgan fingerprint density at radius 3 is 2.78 bits per heavy atom. The summed E-state index contributed by atoms with van der Waals surface area (Å²) in [5.41, 5.74) is 7.33. The molecule has 0 spiro atoms. The van der Waals surface area contributed by atoms with Crippen LogP contribution in [0.15, 0.2) is 24.4 Å². The number of hydrogen-bond acceptors (Lipinski definition) is 2. The van der Waals surface area contributed by atoms with E-state index in [9.17, 15) is 0 Å². The second kappa shape index (κ2) is 4.92. The fraction of sp³-hybridized carbons (Fsp3) is 0.308. The van der Waals surface area contributed by atoms with Gasteiger partial charge >= 0.3 is 0 Å². The Hall–Kier alpha value is -1.03. The van der Waals surface area contributed by atoms with E-state index < -0.39 is 5.54 Å². The summed E-state index contributed by atoms with van der Waals surface area (Å²) in [6.45, 7) is 3.96. The zero-order valence-corrected chi connectivity index (χ0v) is 11.8. The second-order valence-electron chi connectivity index (χ2n) is 4.54. The van der Waals surface area contributed by atoms with Gasteiger partial charge in [-0.3, -0.25) is 0 Å². The molecular weight excluding hydrogens is 269 g/mol. The van der Waals surface area contributed by atoms with Gasteiger partial charge in [0.2, 0.25) is 0 Å². The molecule has 1 heterocycles. The number of nitrogens with one attached hydrogen (secondary N) is 1. The van der Waals surface area contributed by atoms with Crippen LogP contribution in [0.25, 0.3) is 11.3 Å². The average molecular weight is 284 g/mol. The maximum atomic E-state index is 6.15. The number of rotatable bonds is 3. The predicted molar refractivity (Wildman–Crippen MR) is 75.9 cm³/mol. The Morgan fingerprint density at radius 1 is 1.39 bits per heavy atom. The number of nitrogens with zero attached hydrogens (tertiary/aromatic N) is 1. The van der Waals surface area contributed by atoms with E-state index in [0.717, 1.165) is 23.5 Å². The molecule has 0 aliphatic rings. The van der Waals surface area contributed by atoms with Gasteiger partial charge in [0, 0.05) is 10.6 Å². The predicted octanol–water partition coefficient (Wildman–Crippen LogP) is 3.97. The Balaban J connectivity index is 2.44. The molecule has 0 amide bonds. The van der Waals surface area contributed by atoms with Gasteiger partial charge in [-0.15, -0.1) is 0 Å². The number of H-pyrrole nitrogens is 1. The second-order valence-corrected chi connectivity index (χ2v) is 5.38. The molecule has 0 aliphatic carbocycles. The Bertz CT molecular complexity index is 561. The van der Waals surface area contributed by atoms with Crippen LogP contribution in [0, 0.1) is 0 Å². The number of imidazole rings is 1. The molecule has 0 saturated heterocycles. The zero-order chi connectivity index (χ0) is 13.3. The lowest BCUT2D eigenvalue weighted by molar-refractivity contribution is 0.450. The summed E-state index contributed by atoms with van der Waals surface area (Å²) in [5, 5.41) is 1.27. The van der Waals surface area contributed by atoms with Crippen molar-refractivity contribution >= 4 is 23.2 Å². The van der Waals surface area contributed by atoms with Crippen LogP contribution in [-0.4, -0.2) is 9.97 Å². The normalized spacial score (nSPS) is 14.5. The van der Waals surface area contributed by atoms with Crippen LogP contribution in [0.3, 0.4) is 0 Å². The minimum Gasteiger partial charge on any atom is -0.340 e. The molecule has 3 nitrogen and oxygen atoms in total. The first-order valence-electron chi connectivity index (χ1n) is 5.74. The molecule has 2 rings (SSSR count). The molecule has 1 aromatic heterocycles. The number of hydrogen-bond donors (Lipinski definition) is 2. The first-order chi connectivity index (χ1) is 8.44. The Kier molecular flexibility index (Phi) is 3.66. The highest BCUT2D eigenvalue weighted by molar-refractivity contribution is 6.35.